The Morgan fingerprint density at radius 1 is 1.12 bits per heavy atom. The molecule has 0 N–H and O–H groups in total. The van der Waals surface area contributed by atoms with Gasteiger partial charge in [0.2, 0.25) is 0 Å². The monoisotopic (exact) mass is 250 g/mol. The molecule has 0 unspecified atom stereocenters. The van der Waals surface area contributed by atoms with Crippen molar-refractivity contribution in [3.8, 4) is 11.5 Å². The predicted octanol–water partition coefficient (Wildman–Crippen LogP) is 4.83. The number of aryl methyl sites for hydroxylation is 1. The summed E-state index contributed by atoms with van der Waals surface area (Å²) in [6, 6.07) is 11.8. The van der Waals surface area contributed by atoms with Gasteiger partial charge < -0.3 is 4.74 Å². The molecule has 17 heavy (non-hydrogen) atoms. The lowest BCUT2D eigenvalue weighted by molar-refractivity contribution is 0.442. The highest BCUT2D eigenvalue weighted by Crippen LogP contribution is 2.31. The highest BCUT2D eigenvalue weighted by Gasteiger charge is 2.07. The van der Waals surface area contributed by atoms with E-state index in [0.29, 0.717) is 10.8 Å². The molecule has 0 bridgehead atoms. The van der Waals surface area contributed by atoms with Gasteiger partial charge in [-0.2, -0.15) is 0 Å². The van der Waals surface area contributed by atoms with Crippen LogP contribution in [-0.4, -0.2) is 0 Å². The van der Waals surface area contributed by atoms with Crippen LogP contribution in [0.1, 0.15) is 12.5 Å². The number of para-hydroxylation sites is 1. The standard InChI is InChI=1S/C14H12ClFO/c1-2-10-7-8-13(11(15)9-10)17-14-6-4-3-5-12(14)16/h3-9H,2H2,1H3. The average Bonchev–Trinajstić information content (AvgIpc) is 2.34. The fourth-order valence-electron chi connectivity index (χ4n) is 1.49. The maximum Gasteiger partial charge on any atom is 0.165 e. The van der Waals surface area contributed by atoms with Crippen molar-refractivity contribution in [2.75, 3.05) is 0 Å². The van der Waals surface area contributed by atoms with Crippen LogP contribution in [0.15, 0.2) is 42.5 Å². The number of rotatable bonds is 3. The zero-order valence-electron chi connectivity index (χ0n) is 9.41. The highest BCUT2D eigenvalue weighted by atomic mass is 35.5. The molecular weight excluding hydrogens is 239 g/mol. The molecule has 0 saturated heterocycles. The van der Waals surface area contributed by atoms with Crippen molar-refractivity contribution < 1.29 is 9.13 Å². The number of benzene rings is 2. The minimum absolute atomic E-state index is 0.179. The Bertz CT molecular complexity index is 525. The third-order valence-corrected chi connectivity index (χ3v) is 2.76. The zero-order valence-corrected chi connectivity index (χ0v) is 10.2. The maximum atomic E-state index is 13.4. The fraction of sp³-hybridized carbons (Fsp3) is 0.143. The number of hydrogen-bond donors (Lipinski definition) is 0. The van der Waals surface area contributed by atoms with Crippen molar-refractivity contribution in [2.45, 2.75) is 13.3 Å². The van der Waals surface area contributed by atoms with Crippen molar-refractivity contribution in [1.82, 2.24) is 0 Å². The Morgan fingerprint density at radius 3 is 2.53 bits per heavy atom. The van der Waals surface area contributed by atoms with Gasteiger partial charge in [-0.05, 0) is 36.2 Å². The van der Waals surface area contributed by atoms with Gasteiger partial charge in [-0.3, -0.25) is 0 Å². The van der Waals surface area contributed by atoms with E-state index in [-0.39, 0.29) is 5.75 Å². The highest BCUT2D eigenvalue weighted by molar-refractivity contribution is 6.32. The van der Waals surface area contributed by atoms with Crippen LogP contribution < -0.4 is 4.74 Å². The summed E-state index contributed by atoms with van der Waals surface area (Å²) in [4.78, 5) is 0. The Kier molecular flexibility index (Phi) is 3.64. The molecular formula is C14H12ClFO. The summed E-state index contributed by atoms with van der Waals surface area (Å²) in [7, 11) is 0. The summed E-state index contributed by atoms with van der Waals surface area (Å²) >= 11 is 6.06. The second-order valence-electron chi connectivity index (χ2n) is 3.65. The van der Waals surface area contributed by atoms with Crippen molar-refractivity contribution in [3.63, 3.8) is 0 Å². The van der Waals surface area contributed by atoms with Gasteiger partial charge in [0.25, 0.3) is 0 Å². The zero-order chi connectivity index (χ0) is 12.3. The second-order valence-corrected chi connectivity index (χ2v) is 4.06. The van der Waals surface area contributed by atoms with E-state index < -0.39 is 5.82 Å². The second kappa shape index (κ2) is 5.19. The topological polar surface area (TPSA) is 9.23 Å². The molecule has 1 nitrogen and oxygen atoms in total. The molecule has 0 radical (unpaired) electrons. The Labute approximate surface area is 105 Å². The van der Waals surface area contributed by atoms with Crippen molar-refractivity contribution in [1.29, 1.82) is 0 Å². The van der Waals surface area contributed by atoms with Crippen molar-refractivity contribution in [3.05, 3.63) is 58.9 Å². The van der Waals surface area contributed by atoms with E-state index in [1.54, 1.807) is 24.3 Å². The minimum atomic E-state index is -0.400. The fourth-order valence-corrected chi connectivity index (χ4v) is 1.73. The van der Waals surface area contributed by atoms with Gasteiger partial charge in [-0.25, -0.2) is 4.39 Å². The van der Waals surface area contributed by atoms with Crippen LogP contribution in [0.4, 0.5) is 4.39 Å². The Morgan fingerprint density at radius 2 is 1.88 bits per heavy atom. The molecule has 2 rings (SSSR count). The summed E-state index contributed by atoms with van der Waals surface area (Å²) in [5.74, 6) is 0.246. The molecule has 88 valence electrons. The van der Waals surface area contributed by atoms with E-state index in [1.807, 2.05) is 19.1 Å². The number of ether oxygens (including phenoxy) is 1. The number of hydrogen-bond acceptors (Lipinski definition) is 1. The minimum Gasteiger partial charge on any atom is -0.453 e. The lowest BCUT2D eigenvalue weighted by Gasteiger charge is -2.09. The summed E-state index contributed by atoms with van der Waals surface area (Å²) in [5, 5.41) is 0.493. The van der Waals surface area contributed by atoms with Gasteiger partial charge in [0.1, 0.15) is 5.75 Å². The predicted molar refractivity (Wildman–Crippen MR) is 67.3 cm³/mol. The molecule has 0 amide bonds. The third-order valence-electron chi connectivity index (χ3n) is 2.46. The Balaban J connectivity index is 2.28. The first kappa shape index (κ1) is 11.9. The summed E-state index contributed by atoms with van der Waals surface area (Å²) < 4.78 is 18.8. The van der Waals surface area contributed by atoms with Gasteiger partial charge in [-0.15, -0.1) is 0 Å². The molecule has 0 aliphatic heterocycles. The van der Waals surface area contributed by atoms with E-state index in [9.17, 15) is 4.39 Å². The lowest BCUT2D eigenvalue weighted by Crippen LogP contribution is -1.89. The maximum absolute atomic E-state index is 13.4. The van der Waals surface area contributed by atoms with Crippen LogP contribution in [0.2, 0.25) is 5.02 Å². The van der Waals surface area contributed by atoms with Crippen LogP contribution >= 0.6 is 11.6 Å². The molecule has 2 aromatic carbocycles. The molecule has 0 fully saturated rings. The molecule has 0 saturated carbocycles. The lowest BCUT2D eigenvalue weighted by atomic mass is 10.2. The van der Waals surface area contributed by atoms with E-state index in [1.165, 1.54) is 6.07 Å². The van der Waals surface area contributed by atoms with E-state index in [0.717, 1.165) is 12.0 Å². The molecule has 0 spiro atoms. The molecule has 0 heterocycles. The van der Waals surface area contributed by atoms with Crippen LogP contribution in [0.25, 0.3) is 0 Å². The Hall–Kier alpha value is -1.54. The first-order valence-corrected chi connectivity index (χ1v) is 5.79. The van der Waals surface area contributed by atoms with Crippen LogP contribution in [0, 0.1) is 5.82 Å². The van der Waals surface area contributed by atoms with E-state index >= 15 is 0 Å². The van der Waals surface area contributed by atoms with Gasteiger partial charge in [0.05, 0.1) is 5.02 Å². The largest absolute Gasteiger partial charge is 0.453 e. The first-order chi connectivity index (χ1) is 8.20. The summed E-state index contributed by atoms with van der Waals surface area (Å²) in [6.45, 7) is 2.04. The molecule has 0 aliphatic rings. The summed E-state index contributed by atoms with van der Waals surface area (Å²) in [6.07, 6.45) is 0.902. The van der Waals surface area contributed by atoms with E-state index in [4.69, 9.17) is 16.3 Å². The number of halogens is 2. The smallest absolute Gasteiger partial charge is 0.165 e. The van der Waals surface area contributed by atoms with Gasteiger partial charge in [0.15, 0.2) is 11.6 Å². The quantitative estimate of drug-likeness (QED) is 0.758. The summed E-state index contributed by atoms with van der Waals surface area (Å²) in [5.41, 5.74) is 1.12. The molecule has 3 heteroatoms. The van der Waals surface area contributed by atoms with Crippen molar-refractivity contribution in [2.24, 2.45) is 0 Å². The molecule has 0 atom stereocenters. The van der Waals surface area contributed by atoms with Gasteiger partial charge >= 0.3 is 0 Å². The molecule has 0 aromatic heterocycles. The van der Waals surface area contributed by atoms with Crippen molar-refractivity contribution >= 4 is 11.6 Å². The van der Waals surface area contributed by atoms with Crippen LogP contribution in [-0.2, 0) is 6.42 Å². The molecule has 0 aliphatic carbocycles. The van der Waals surface area contributed by atoms with E-state index in [2.05, 4.69) is 0 Å². The van der Waals surface area contributed by atoms with Gasteiger partial charge in [-0.1, -0.05) is 36.7 Å². The van der Waals surface area contributed by atoms with Crippen LogP contribution in [0.3, 0.4) is 0 Å². The molecule has 2 aromatic rings. The van der Waals surface area contributed by atoms with Gasteiger partial charge in [0, 0.05) is 0 Å². The average molecular weight is 251 g/mol. The normalized spacial score (nSPS) is 10.3. The third kappa shape index (κ3) is 2.77. The SMILES string of the molecule is CCc1ccc(Oc2ccccc2F)c(Cl)c1. The van der Waals surface area contributed by atoms with Crippen LogP contribution in [0.5, 0.6) is 11.5 Å². The first-order valence-electron chi connectivity index (χ1n) is 5.41.